The second-order valence-electron chi connectivity index (χ2n) is 4.37. The highest BCUT2D eigenvalue weighted by atomic mass is 16.5. The van der Waals surface area contributed by atoms with Gasteiger partial charge in [0.05, 0.1) is 25.9 Å². The molecule has 1 aromatic rings. The minimum absolute atomic E-state index is 0.158. The average Bonchev–Trinajstić information content (AvgIpc) is 2.98. The Labute approximate surface area is 113 Å². The van der Waals surface area contributed by atoms with Crippen molar-refractivity contribution in [2.24, 2.45) is 0 Å². The molecule has 0 aromatic heterocycles. The summed E-state index contributed by atoms with van der Waals surface area (Å²) in [6, 6.07) is 7.51. The maximum absolute atomic E-state index is 11.8. The Balaban J connectivity index is 2.24. The van der Waals surface area contributed by atoms with Crippen LogP contribution in [0, 0.1) is 0 Å². The van der Waals surface area contributed by atoms with Gasteiger partial charge in [0.25, 0.3) is 0 Å². The highest BCUT2D eigenvalue weighted by molar-refractivity contribution is 5.94. The molecule has 4 heteroatoms. The summed E-state index contributed by atoms with van der Waals surface area (Å²) >= 11 is 0. The molecule has 0 N–H and O–H groups in total. The first-order valence-electron chi connectivity index (χ1n) is 6.30. The molecule has 1 fully saturated rings. The smallest absolute Gasteiger partial charge is 0.336 e. The van der Waals surface area contributed by atoms with Gasteiger partial charge in [-0.15, -0.1) is 0 Å². The van der Waals surface area contributed by atoms with Crippen LogP contribution < -0.4 is 4.74 Å². The molecule has 0 spiro atoms. The number of carbonyl (C=O) groups is 1. The fourth-order valence-electron chi connectivity index (χ4n) is 2.10. The number of rotatable bonds is 4. The summed E-state index contributed by atoms with van der Waals surface area (Å²) in [7, 11) is 3.01. The van der Waals surface area contributed by atoms with Crippen LogP contribution in [0.1, 0.15) is 18.4 Å². The van der Waals surface area contributed by atoms with Crippen LogP contribution in [-0.4, -0.2) is 32.9 Å². The van der Waals surface area contributed by atoms with Crippen LogP contribution in [-0.2, 0) is 14.3 Å². The zero-order chi connectivity index (χ0) is 13.7. The molecule has 102 valence electrons. The molecule has 1 aliphatic rings. The number of hydrogen-bond acceptors (Lipinski definition) is 4. The van der Waals surface area contributed by atoms with Gasteiger partial charge >= 0.3 is 5.97 Å². The molecule has 1 aromatic carbocycles. The van der Waals surface area contributed by atoms with Crippen molar-refractivity contribution in [3.63, 3.8) is 0 Å². The van der Waals surface area contributed by atoms with Crippen LogP contribution >= 0.6 is 0 Å². The topological polar surface area (TPSA) is 44.8 Å². The largest absolute Gasteiger partial charge is 0.497 e. The van der Waals surface area contributed by atoms with E-state index in [0.29, 0.717) is 12.2 Å². The standard InChI is InChI=1S/C15H18O4/c1-17-12-7-5-11(6-8-12)10-13(15(16)18-2)14-4-3-9-19-14/h5-8,10,14H,3-4,9H2,1-2H3/b13-10+. The Kier molecular flexibility index (Phi) is 4.58. The summed E-state index contributed by atoms with van der Waals surface area (Å²) in [5.41, 5.74) is 1.50. The predicted octanol–water partition coefficient (Wildman–Crippen LogP) is 2.43. The van der Waals surface area contributed by atoms with Gasteiger partial charge in [-0.25, -0.2) is 4.79 Å². The van der Waals surface area contributed by atoms with Crippen LogP contribution in [0.2, 0.25) is 0 Å². The van der Waals surface area contributed by atoms with Crippen molar-refractivity contribution in [1.29, 1.82) is 0 Å². The number of hydrogen-bond donors (Lipinski definition) is 0. The van der Waals surface area contributed by atoms with Gasteiger partial charge in [-0.3, -0.25) is 0 Å². The molecule has 2 rings (SSSR count). The van der Waals surface area contributed by atoms with Gasteiger partial charge in [0.1, 0.15) is 5.75 Å². The summed E-state index contributed by atoms with van der Waals surface area (Å²) in [5.74, 6) is 0.455. The average molecular weight is 262 g/mol. The Morgan fingerprint density at radius 1 is 1.32 bits per heavy atom. The lowest BCUT2D eigenvalue weighted by Gasteiger charge is -2.12. The van der Waals surface area contributed by atoms with Crippen LogP contribution in [0.15, 0.2) is 29.8 Å². The minimum atomic E-state index is -0.331. The van der Waals surface area contributed by atoms with Crippen LogP contribution in [0.25, 0.3) is 6.08 Å². The van der Waals surface area contributed by atoms with Crippen LogP contribution in [0.4, 0.5) is 0 Å². The van der Waals surface area contributed by atoms with Gasteiger partial charge in [-0.05, 0) is 36.6 Å². The summed E-state index contributed by atoms with van der Waals surface area (Å²) < 4.78 is 15.5. The molecular formula is C15H18O4. The van der Waals surface area contributed by atoms with Crippen molar-refractivity contribution < 1.29 is 19.0 Å². The Hall–Kier alpha value is -1.81. The van der Waals surface area contributed by atoms with Crippen molar-refractivity contribution in [2.75, 3.05) is 20.8 Å². The lowest BCUT2D eigenvalue weighted by molar-refractivity contribution is -0.137. The van der Waals surface area contributed by atoms with Crippen molar-refractivity contribution in [2.45, 2.75) is 18.9 Å². The van der Waals surface area contributed by atoms with E-state index < -0.39 is 0 Å². The molecule has 0 amide bonds. The minimum Gasteiger partial charge on any atom is -0.497 e. The van der Waals surface area contributed by atoms with E-state index in [1.54, 1.807) is 7.11 Å². The Bertz CT molecular complexity index is 456. The molecule has 1 heterocycles. The maximum Gasteiger partial charge on any atom is 0.336 e. The van der Waals surface area contributed by atoms with Crippen LogP contribution in [0.3, 0.4) is 0 Å². The molecule has 0 aliphatic carbocycles. The molecule has 1 unspecified atom stereocenters. The lowest BCUT2D eigenvalue weighted by Crippen LogP contribution is -2.18. The Morgan fingerprint density at radius 2 is 2.05 bits per heavy atom. The summed E-state index contributed by atoms with van der Waals surface area (Å²) in [5, 5.41) is 0. The second kappa shape index (κ2) is 6.38. The predicted molar refractivity (Wildman–Crippen MR) is 72.0 cm³/mol. The van der Waals surface area contributed by atoms with Gasteiger partial charge < -0.3 is 14.2 Å². The number of benzene rings is 1. The molecule has 0 radical (unpaired) electrons. The monoisotopic (exact) mass is 262 g/mol. The molecule has 1 aliphatic heterocycles. The number of esters is 1. The van der Waals surface area contributed by atoms with Gasteiger partial charge in [0, 0.05) is 6.61 Å². The molecule has 1 atom stereocenters. The molecule has 19 heavy (non-hydrogen) atoms. The van der Waals surface area contributed by atoms with E-state index in [4.69, 9.17) is 14.2 Å². The lowest BCUT2D eigenvalue weighted by atomic mass is 10.0. The summed E-state index contributed by atoms with van der Waals surface area (Å²) in [6.45, 7) is 0.696. The van der Waals surface area contributed by atoms with E-state index in [1.165, 1.54) is 7.11 Å². The summed E-state index contributed by atoms with van der Waals surface area (Å²) in [6.07, 6.45) is 3.49. The number of carbonyl (C=O) groups excluding carboxylic acids is 1. The van der Waals surface area contributed by atoms with Crippen molar-refractivity contribution in [1.82, 2.24) is 0 Å². The van der Waals surface area contributed by atoms with Gasteiger partial charge in [0.2, 0.25) is 0 Å². The highest BCUT2D eigenvalue weighted by Crippen LogP contribution is 2.23. The van der Waals surface area contributed by atoms with E-state index in [9.17, 15) is 4.79 Å². The molecule has 1 saturated heterocycles. The quantitative estimate of drug-likeness (QED) is 0.617. The zero-order valence-corrected chi connectivity index (χ0v) is 11.2. The fraction of sp³-hybridized carbons (Fsp3) is 0.400. The third kappa shape index (κ3) is 3.35. The SMILES string of the molecule is COC(=O)/C(=C/c1ccc(OC)cc1)C1CCCO1. The molecule has 0 saturated carbocycles. The first kappa shape index (κ1) is 13.6. The normalized spacial score (nSPS) is 19.3. The first-order valence-corrected chi connectivity index (χ1v) is 6.30. The van der Waals surface area contributed by atoms with Crippen molar-refractivity contribution >= 4 is 12.0 Å². The third-order valence-corrected chi connectivity index (χ3v) is 3.14. The Morgan fingerprint density at radius 3 is 2.58 bits per heavy atom. The van der Waals surface area contributed by atoms with Gasteiger partial charge in [-0.2, -0.15) is 0 Å². The van der Waals surface area contributed by atoms with E-state index in [0.717, 1.165) is 24.2 Å². The summed E-state index contributed by atoms with van der Waals surface area (Å²) in [4.78, 5) is 11.8. The second-order valence-corrected chi connectivity index (χ2v) is 4.37. The number of methoxy groups -OCH3 is 2. The van der Waals surface area contributed by atoms with E-state index >= 15 is 0 Å². The van der Waals surface area contributed by atoms with E-state index in [-0.39, 0.29) is 12.1 Å². The van der Waals surface area contributed by atoms with Crippen LogP contribution in [0.5, 0.6) is 5.75 Å². The fourth-order valence-corrected chi connectivity index (χ4v) is 2.10. The molecule has 0 bridgehead atoms. The van der Waals surface area contributed by atoms with E-state index in [1.807, 2.05) is 30.3 Å². The maximum atomic E-state index is 11.8. The van der Waals surface area contributed by atoms with Crippen molar-refractivity contribution in [3.05, 3.63) is 35.4 Å². The molecular weight excluding hydrogens is 244 g/mol. The third-order valence-electron chi connectivity index (χ3n) is 3.14. The highest BCUT2D eigenvalue weighted by Gasteiger charge is 2.25. The van der Waals surface area contributed by atoms with E-state index in [2.05, 4.69) is 0 Å². The zero-order valence-electron chi connectivity index (χ0n) is 11.2. The first-order chi connectivity index (χ1) is 9.24. The molecule has 4 nitrogen and oxygen atoms in total. The van der Waals surface area contributed by atoms with Gasteiger partial charge in [0.15, 0.2) is 0 Å². The number of ether oxygens (including phenoxy) is 3. The van der Waals surface area contributed by atoms with Crippen molar-refractivity contribution in [3.8, 4) is 5.75 Å². The van der Waals surface area contributed by atoms with Gasteiger partial charge in [-0.1, -0.05) is 12.1 Å².